The van der Waals surface area contributed by atoms with Gasteiger partial charge in [-0.1, -0.05) is 13.8 Å². The summed E-state index contributed by atoms with van der Waals surface area (Å²) in [4.78, 5) is 48.1. The monoisotopic (exact) mass is 532 g/mol. The van der Waals surface area contributed by atoms with Crippen LogP contribution in [0.15, 0.2) is 36.4 Å². The van der Waals surface area contributed by atoms with Crippen LogP contribution in [0.25, 0.3) is 11.1 Å². The Bertz CT molecular complexity index is 1210. The summed E-state index contributed by atoms with van der Waals surface area (Å²) in [5.74, 6) is -0.737. The molecule has 37 heavy (non-hydrogen) atoms. The molecule has 1 atom stereocenters. The van der Waals surface area contributed by atoms with Crippen LogP contribution >= 0.6 is 7.37 Å². The van der Waals surface area contributed by atoms with Crippen LogP contribution in [0.4, 0.5) is 0 Å². The first-order valence-electron chi connectivity index (χ1n) is 12.1. The lowest BCUT2D eigenvalue weighted by Gasteiger charge is -2.18. The molecule has 1 unspecified atom stereocenters. The Labute approximate surface area is 216 Å². The van der Waals surface area contributed by atoms with Crippen LogP contribution in [0, 0.1) is 0 Å². The van der Waals surface area contributed by atoms with E-state index >= 15 is 0 Å². The van der Waals surface area contributed by atoms with E-state index in [1.54, 1.807) is 24.3 Å². The number of amides is 1. The average Bonchev–Trinajstić information content (AvgIpc) is 3.11. The Hall–Kier alpha value is -3.04. The van der Waals surface area contributed by atoms with Crippen molar-refractivity contribution in [3.63, 3.8) is 0 Å². The molecule has 2 aromatic rings. The van der Waals surface area contributed by atoms with Crippen molar-refractivity contribution in [2.45, 2.75) is 20.3 Å². The smallest absolute Gasteiger partial charge is 0.253 e. The van der Waals surface area contributed by atoms with Gasteiger partial charge < -0.3 is 19.3 Å². The fourth-order valence-corrected chi connectivity index (χ4v) is 4.83. The van der Waals surface area contributed by atoms with Gasteiger partial charge in [-0.05, 0) is 60.6 Å². The molecule has 0 fully saturated rings. The van der Waals surface area contributed by atoms with E-state index in [4.69, 9.17) is 9.47 Å². The topological polar surface area (TPSA) is 134 Å². The molecular formula is C26H33N2O8P. The molecule has 1 amide bonds. The number of Topliss-reactive ketones (excluding diaryl/α,β-unsaturated/α-hetero) is 1. The number of nitrogens with zero attached hydrogens (tertiary/aromatic N) is 2. The van der Waals surface area contributed by atoms with Crippen LogP contribution in [-0.2, 0) is 14.2 Å². The lowest BCUT2D eigenvalue weighted by Crippen LogP contribution is -2.33. The van der Waals surface area contributed by atoms with Gasteiger partial charge in [-0.15, -0.1) is 0 Å². The standard InChI is InChI=1S/C26H33N2O8P/c1-4-27(5-2)10-12-35-19-6-8-21-22-9-7-20(16-24(22)26(31)23(21)15-19)36-13-11-28(32)25(30)14-18(29)17-37(3,33)34/h6-9,15-16,32H,4-5,10-14,17H2,1-3H3,(H,33,34). The SMILES string of the molecule is CCN(CC)CCOc1ccc2c(c1)C(=O)c1cc(OCCN(O)C(=O)CC(=O)CP(C)(=O)O)ccc1-2. The van der Waals surface area contributed by atoms with Gasteiger partial charge in [-0.25, -0.2) is 5.06 Å². The minimum Gasteiger partial charge on any atom is -0.492 e. The highest BCUT2D eigenvalue weighted by atomic mass is 31.2. The van der Waals surface area contributed by atoms with Crippen molar-refractivity contribution < 1.29 is 38.5 Å². The quantitative estimate of drug-likeness (QED) is 0.139. The highest BCUT2D eigenvalue weighted by Crippen LogP contribution is 2.40. The van der Waals surface area contributed by atoms with Crippen LogP contribution in [0.1, 0.15) is 36.2 Å². The summed E-state index contributed by atoms with van der Waals surface area (Å²) in [6.45, 7) is 8.13. The van der Waals surface area contributed by atoms with Crippen molar-refractivity contribution >= 4 is 24.8 Å². The molecule has 0 aliphatic heterocycles. The molecule has 0 heterocycles. The Kier molecular flexibility index (Phi) is 9.62. The number of ether oxygens (including phenoxy) is 2. The van der Waals surface area contributed by atoms with Crippen LogP contribution in [-0.4, -0.2) is 89.8 Å². The molecule has 0 aromatic heterocycles. The van der Waals surface area contributed by atoms with E-state index in [2.05, 4.69) is 18.7 Å². The lowest BCUT2D eigenvalue weighted by molar-refractivity contribution is -0.167. The Morgan fingerprint density at radius 3 is 1.89 bits per heavy atom. The second-order valence-electron chi connectivity index (χ2n) is 8.91. The number of rotatable bonds is 14. The van der Waals surface area contributed by atoms with Gasteiger partial charge in [0.05, 0.1) is 19.1 Å². The zero-order valence-electron chi connectivity index (χ0n) is 21.3. The molecule has 2 aromatic carbocycles. The third-order valence-corrected chi connectivity index (χ3v) is 6.95. The summed E-state index contributed by atoms with van der Waals surface area (Å²) < 4.78 is 22.7. The van der Waals surface area contributed by atoms with Crippen molar-refractivity contribution in [1.82, 2.24) is 9.96 Å². The van der Waals surface area contributed by atoms with Crippen molar-refractivity contribution in [3.05, 3.63) is 47.5 Å². The average molecular weight is 533 g/mol. The van der Waals surface area contributed by atoms with E-state index in [1.165, 1.54) is 0 Å². The Morgan fingerprint density at radius 1 is 0.892 bits per heavy atom. The first-order chi connectivity index (χ1) is 17.5. The van der Waals surface area contributed by atoms with E-state index in [-0.39, 0.29) is 18.9 Å². The molecule has 11 heteroatoms. The summed E-state index contributed by atoms with van der Waals surface area (Å²) >= 11 is 0. The molecule has 3 rings (SSSR count). The normalized spacial score (nSPS) is 13.6. The van der Waals surface area contributed by atoms with Gasteiger partial charge in [0, 0.05) is 24.3 Å². The molecular weight excluding hydrogens is 499 g/mol. The highest BCUT2D eigenvalue weighted by molar-refractivity contribution is 7.58. The number of benzene rings is 2. The minimum atomic E-state index is -3.58. The van der Waals surface area contributed by atoms with E-state index in [0.717, 1.165) is 37.4 Å². The summed E-state index contributed by atoms with van der Waals surface area (Å²) in [6, 6.07) is 10.6. The minimum absolute atomic E-state index is 0.0901. The number of carbonyl (C=O) groups excluding carboxylic acids is 3. The number of hydroxylamine groups is 2. The van der Waals surface area contributed by atoms with Crippen LogP contribution < -0.4 is 9.47 Å². The molecule has 0 radical (unpaired) electrons. The number of hydrogen-bond acceptors (Lipinski definition) is 8. The molecule has 0 saturated carbocycles. The molecule has 1 aliphatic rings. The zero-order chi connectivity index (χ0) is 27.2. The summed E-state index contributed by atoms with van der Waals surface area (Å²) in [7, 11) is -3.58. The maximum absolute atomic E-state index is 13.1. The van der Waals surface area contributed by atoms with Crippen molar-refractivity contribution in [3.8, 4) is 22.6 Å². The molecule has 0 bridgehead atoms. The number of fused-ring (bicyclic) bond motifs is 3. The predicted octanol–water partition coefficient (Wildman–Crippen LogP) is 3.07. The Balaban J connectivity index is 1.55. The van der Waals surface area contributed by atoms with E-state index < -0.39 is 31.6 Å². The van der Waals surface area contributed by atoms with E-state index in [1.807, 2.05) is 12.1 Å². The third kappa shape index (κ3) is 7.72. The summed E-state index contributed by atoms with van der Waals surface area (Å²) in [6.07, 6.45) is -1.31. The van der Waals surface area contributed by atoms with Gasteiger partial charge in [0.15, 0.2) is 11.6 Å². The summed E-state index contributed by atoms with van der Waals surface area (Å²) in [5, 5.41) is 10.2. The van der Waals surface area contributed by atoms with E-state index in [9.17, 15) is 29.0 Å². The van der Waals surface area contributed by atoms with Crippen molar-refractivity contribution in [2.75, 3.05) is 52.2 Å². The van der Waals surface area contributed by atoms with Gasteiger partial charge in [-0.3, -0.25) is 24.2 Å². The first-order valence-corrected chi connectivity index (χ1v) is 14.4. The molecule has 1 aliphatic carbocycles. The second kappa shape index (κ2) is 12.5. The molecule has 0 saturated heterocycles. The molecule has 2 N–H and O–H groups in total. The molecule has 0 spiro atoms. The zero-order valence-corrected chi connectivity index (χ0v) is 22.2. The molecule has 10 nitrogen and oxygen atoms in total. The predicted molar refractivity (Wildman–Crippen MR) is 138 cm³/mol. The van der Waals surface area contributed by atoms with E-state index in [0.29, 0.717) is 34.3 Å². The third-order valence-electron chi connectivity index (χ3n) is 6.01. The first kappa shape index (κ1) is 28.5. The van der Waals surface area contributed by atoms with Gasteiger partial charge in [-0.2, -0.15) is 0 Å². The maximum Gasteiger partial charge on any atom is 0.253 e. The Morgan fingerprint density at radius 2 is 1.41 bits per heavy atom. The highest BCUT2D eigenvalue weighted by Gasteiger charge is 2.28. The van der Waals surface area contributed by atoms with Crippen molar-refractivity contribution in [2.24, 2.45) is 0 Å². The fourth-order valence-electron chi connectivity index (χ4n) is 4.07. The van der Waals surface area contributed by atoms with Gasteiger partial charge in [0.2, 0.25) is 7.37 Å². The fraction of sp³-hybridized carbons (Fsp3) is 0.423. The van der Waals surface area contributed by atoms with Crippen LogP contribution in [0.2, 0.25) is 0 Å². The lowest BCUT2D eigenvalue weighted by atomic mass is 10.1. The number of carbonyl (C=O) groups is 3. The molecule has 200 valence electrons. The largest absolute Gasteiger partial charge is 0.492 e. The number of hydrogen-bond donors (Lipinski definition) is 2. The maximum atomic E-state index is 13.1. The van der Waals surface area contributed by atoms with Crippen molar-refractivity contribution in [1.29, 1.82) is 0 Å². The van der Waals surface area contributed by atoms with Gasteiger partial charge in [0.1, 0.15) is 24.7 Å². The second-order valence-corrected chi connectivity index (χ2v) is 11.3. The van der Waals surface area contributed by atoms with Gasteiger partial charge >= 0.3 is 0 Å². The van der Waals surface area contributed by atoms with Gasteiger partial charge in [0.25, 0.3) is 5.91 Å². The van der Waals surface area contributed by atoms with Crippen LogP contribution in [0.5, 0.6) is 11.5 Å². The summed E-state index contributed by atoms with van der Waals surface area (Å²) in [5.41, 5.74) is 2.66. The number of ketones is 2. The van der Waals surface area contributed by atoms with Crippen LogP contribution in [0.3, 0.4) is 0 Å². The number of likely N-dealkylation sites (N-methyl/N-ethyl adjacent to an activating group) is 1.